The monoisotopic (exact) mass is 452 g/mol. The minimum absolute atomic E-state index is 0.350. The maximum absolute atomic E-state index is 13.7. The Morgan fingerprint density at radius 2 is 0.655 bits per heavy atom. The van der Waals surface area contributed by atoms with Crippen molar-refractivity contribution in [3.05, 3.63) is 141 Å². The van der Waals surface area contributed by atoms with Gasteiger partial charge in [0.2, 0.25) is 0 Å². The van der Waals surface area contributed by atoms with Crippen LogP contribution >= 0.6 is 15.9 Å². The summed E-state index contributed by atoms with van der Waals surface area (Å²) in [4.78, 5) is 0. The maximum atomic E-state index is 13.7. The van der Waals surface area contributed by atoms with Gasteiger partial charge in [0, 0.05) is 4.47 Å². The first-order valence-electron chi connectivity index (χ1n) is 9.04. The van der Waals surface area contributed by atoms with Crippen molar-refractivity contribution in [3.63, 3.8) is 0 Å². The first-order chi connectivity index (χ1) is 14.0. The topological polar surface area (TPSA) is 0 Å². The van der Waals surface area contributed by atoms with Gasteiger partial charge in [0.05, 0.1) is 5.41 Å². The van der Waals surface area contributed by atoms with Crippen LogP contribution in [0.3, 0.4) is 0 Å². The fourth-order valence-electron chi connectivity index (χ4n) is 3.80. The molecule has 0 N–H and O–H groups in total. The molecule has 0 radical (unpaired) electrons. The van der Waals surface area contributed by atoms with Crippen molar-refractivity contribution in [2.24, 2.45) is 0 Å². The SMILES string of the molecule is Fc1ccc(C(c2ccc(F)cc2)(c2ccc(F)cc2)c2ccc(Br)cc2)cc1. The van der Waals surface area contributed by atoms with Crippen LogP contribution in [0.1, 0.15) is 22.3 Å². The van der Waals surface area contributed by atoms with Crippen molar-refractivity contribution in [3.8, 4) is 0 Å². The van der Waals surface area contributed by atoms with Crippen molar-refractivity contribution in [1.29, 1.82) is 0 Å². The van der Waals surface area contributed by atoms with E-state index in [0.29, 0.717) is 0 Å². The molecular weight excluding hydrogens is 437 g/mol. The molecule has 0 unspecified atom stereocenters. The Kier molecular flexibility index (Phi) is 5.29. The van der Waals surface area contributed by atoms with Crippen molar-refractivity contribution in [2.45, 2.75) is 5.41 Å². The van der Waals surface area contributed by atoms with Crippen molar-refractivity contribution in [1.82, 2.24) is 0 Å². The van der Waals surface area contributed by atoms with E-state index in [2.05, 4.69) is 15.9 Å². The molecule has 0 atom stereocenters. The van der Waals surface area contributed by atoms with Crippen LogP contribution in [0.4, 0.5) is 13.2 Å². The summed E-state index contributed by atoms with van der Waals surface area (Å²) in [6.07, 6.45) is 0. The summed E-state index contributed by atoms with van der Waals surface area (Å²) in [6.45, 7) is 0. The number of benzene rings is 4. The lowest BCUT2D eigenvalue weighted by Gasteiger charge is -2.37. The Labute approximate surface area is 175 Å². The quantitative estimate of drug-likeness (QED) is 0.286. The molecule has 29 heavy (non-hydrogen) atoms. The number of hydrogen-bond acceptors (Lipinski definition) is 0. The lowest BCUT2D eigenvalue weighted by atomic mass is 9.65. The largest absolute Gasteiger partial charge is 0.207 e. The predicted octanol–water partition coefficient (Wildman–Crippen LogP) is 7.25. The molecule has 4 heteroatoms. The molecule has 0 spiro atoms. The number of halogens is 4. The summed E-state index contributed by atoms with van der Waals surface area (Å²) in [6, 6.07) is 26.4. The van der Waals surface area contributed by atoms with Gasteiger partial charge in [-0.3, -0.25) is 0 Å². The number of rotatable bonds is 4. The molecule has 0 bridgehead atoms. The van der Waals surface area contributed by atoms with E-state index in [1.54, 1.807) is 36.4 Å². The van der Waals surface area contributed by atoms with Crippen LogP contribution in [0.25, 0.3) is 0 Å². The van der Waals surface area contributed by atoms with E-state index in [1.807, 2.05) is 24.3 Å². The zero-order valence-electron chi connectivity index (χ0n) is 15.2. The van der Waals surface area contributed by atoms with Gasteiger partial charge >= 0.3 is 0 Å². The van der Waals surface area contributed by atoms with Gasteiger partial charge in [-0.15, -0.1) is 0 Å². The van der Waals surface area contributed by atoms with Crippen LogP contribution in [0.2, 0.25) is 0 Å². The van der Waals surface area contributed by atoms with Gasteiger partial charge in [0.15, 0.2) is 0 Å². The van der Waals surface area contributed by atoms with E-state index in [4.69, 9.17) is 0 Å². The fraction of sp³-hybridized carbons (Fsp3) is 0.0400. The smallest absolute Gasteiger partial charge is 0.123 e. The molecule has 144 valence electrons. The van der Waals surface area contributed by atoms with E-state index in [-0.39, 0.29) is 17.5 Å². The first kappa shape index (κ1) is 19.5. The minimum atomic E-state index is -0.879. The summed E-state index contributed by atoms with van der Waals surface area (Å²) >= 11 is 3.46. The Bertz CT molecular complexity index is 913. The summed E-state index contributed by atoms with van der Waals surface area (Å²) in [5, 5.41) is 0. The molecule has 0 saturated carbocycles. The summed E-state index contributed by atoms with van der Waals surface area (Å²) < 4.78 is 42.1. The molecule has 4 rings (SSSR count). The lowest BCUT2D eigenvalue weighted by molar-refractivity contribution is 0.619. The second-order valence-corrected chi connectivity index (χ2v) is 7.69. The van der Waals surface area contributed by atoms with E-state index >= 15 is 0 Å². The van der Waals surface area contributed by atoms with Crippen LogP contribution in [-0.4, -0.2) is 0 Å². The highest BCUT2D eigenvalue weighted by Gasteiger charge is 2.38. The van der Waals surface area contributed by atoms with Gasteiger partial charge < -0.3 is 0 Å². The highest BCUT2D eigenvalue weighted by molar-refractivity contribution is 9.10. The molecule has 0 aliphatic heterocycles. The summed E-state index contributed by atoms with van der Waals surface area (Å²) in [5.41, 5.74) is 2.39. The summed E-state index contributed by atoms with van der Waals surface area (Å²) in [5.74, 6) is -1.05. The molecule has 0 aliphatic carbocycles. The average molecular weight is 453 g/mol. The average Bonchev–Trinajstić information content (AvgIpc) is 2.73. The van der Waals surface area contributed by atoms with Crippen LogP contribution in [0, 0.1) is 17.5 Å². The molecule has 0 amide bonds. The molecule has 0 saturated heterocycles. The standard InChI is InChI=1S/C25H16BrF3/c26-21-9-1-17(2-10-21)25(18-3-11-22(27)12-4-18,19-5-13-23(28)14-6-19)20-7-15-24(29)16-8-20/h1-16H. The zero-order valence-corrected chi connectivity index (χ0v) is 16.8. The summed E-state index contributed by atoms with van der Waals surface area (Å²) in [7, 11) is 0. The lowest BCUT2D eigenvalue weighted by Crippen LogP contribution is -2.31. The normalized spacial score (nSPS) is 11.4. The molecule has 0 fully saturated rings. The molecule has 0 aliphatic rings. The molecule has 0 aromatic heterocycles. The van der Waals surface area contributed by atoms with Gasteiger partial charge in [-0.2, -0.15) is 0 Å². The molecule has 0 nitrogen and oxygen atoms in total. The van der Waals surface area contributed by atoms with Crippen molar-refractivity contribution < 1.29 is 13.2 Å². The van der Waals surface area contributed by atoms with E-state index < -0.39 is 5.41 Å². The Balaban J connectivity index is 2.11. The van der Waals surface area contributed by atoms with Gasteiger partial charge in [-0.25, -0.2) is 13.2 Å². The predicted molar refractivity (Wildman–Crippen MR) is 112 cm³/mol. The van der Waals surface area contributed by atoms with Crippen molar-refractivity contribution in [2.75, 3.05) is 0 Å². The maximum Gasteiger partial charge on any atom is 0.123 e. The van der Waals surface area contributed by atoms with Crippen molar-refractivity contribution >= 4 is 15.9 Å². The second kappa shape index (κ2) is 7.88. The Hall–Kier alpha value is -2.85. The van der Waals surface area contributed by atoms with E-state index in [1.165, 1.54) is 36.4 Å². The van der Waals surface area contributed by atoms with Crippen LogP contribution in [0.5, 0.6) is 0 Å². The highest BCUT2D eigenvalue weighted by atomic mass is 79.9. The fourth-order valence-corrected chi connectivity index (χ4v) is 4.06. The molecular formula is C25H16BrF3. The third-order valence-electron chi connectivity index (χ3n) is 5.11. The van der Waals surface area contributed by atoms with Gasteiger partial charge in [-0.1, -0.05) is 64.5 Å². The zero-order chi connectivity index (χ0) is 20.4. The molecule has 4 aromatic carbocycles. The minimum Gasteiger partial charge on any atom is -0.207 e. The van der Waals surface area contributed by atoms with Gasteiger partial charge in [0.25, 0.3) is 0 Å². The Morgan fingerprint density at radius 1 is 0.414 bits per heavy atom. The molecule has 0 heterocycles. The van der Waals surface area contributed by atoms with E-state index in [9.17, 15) is 13.2 Å². The van der Waals surface area contributed by atoms with Gasteiger partial charge in [-0.05, 0) is 70.8 Å². The molecule has 4 aromatic rings. The third kappa shape index (κ3) is 3.60. The van der Waals surface area contributed by atoms with Crippen LogP contribution in [-0.2, 0) is 5.41 Å². The van der Waals surface area contributed by atoms with Gasteiger partial charge in [0.1, 0.15) is 17.5 Å². The third-order valence-corrected chi connectivity index (χ3v) is 5.64. The van der Waals surface area contributed by atoms with Crippen LogP contribution < -0.4 is 0 Å². The highest BCUT2D eigenvalue weighted by Crippen LogP contribution is 2.45. The number of hydrogen-bond donors (Lipinski definition) is 0. The Morgan fingerprint density at radius 3 is 0.931 bits per heavy atom. The second-order valence-electron chi connectivity index (χ2n) is 6.78. The van der Waals surface area contributed by atoms with E-state index in [0.717, 1.165) is 26.7 Å². The first-order valence-corrected chi connectivity index (χ1v) is 9.83. The van der Waals surface area contributed by atoms with Crippen LogP contribution in [0.15, 0.2) is 102 Å².